The van der Waals surface area contributed by atoms with Gasteiger partial charge in [0.25, 0.3) is 0 Å². The maximum absolute atomic E-state index is 12.1. The Morgan fingerprint density at radius 2 is 1.83 bits per heavy atom. The van der Waals surface area contributed by atoms with Crippen LogP contribution in [0, 0.1) is 6.92 Å². The molecule has 1 aromatic heterocycles. The van der Waals surface area contributed by atoms with Gasteiger partial charge in [0.15, 0.2) is 5.82 Å². The molecule has 134 valence electrons. The lowest BCUT2D eigenvalue weighted by molar-refractivity contribution is -0.127. The van der Waals surface area contributed by atoms with Gasteiger partial charge < -0.3 is 15.2 Å². The Hall–Kier alpha value is -1.92. The number of aromatic nitrogens is 2. The first-order valence-corrected chi connectivity index (χ1v) is 8.97. The zero-order valence-corrected chi connectivity index (χ0v) is 14.6. The standard InChI is InChI=1S/C17H28N4O3/c1-3-14(17-18-12(2)21-24-17)20-16(23)11-10-15(22)19-13-8-6-4-5-7-9-13/h13-14H,3-11H2,1-2H3,(H,19,22)(H,20,23). The summed E-state index contributed by atoms with van der Waals surface area (Å²) < 4.78 is 5.10. The van der Waals surface area contributed by atoms with Crippen LogP contribution in [0.5, 0.6) is 0 Å². The van der Waals surface area contributed by atoms with Crippen molar-refractivity contribution in [2.75, 3.05) is 0 Å². The fourth-order valence-electron chi connectivity index (χ4n) is 3.01. The molecule has 1 aliphatic rings. The van der Waals surface area contributed by atoms with Gasteiger partial charge in [-0.2, -0.15) is 4.98 Å². The van der Waals surface area contributed by atoms with E-state index in [1.54, 1.807) is 6.92 Å². The molecule has 0 spiro atoms. The minimum absolute atomic E-state index is 0.0428. The predicted octanol–water partition coefficient (Wildman–Crippen LogP) is 2.56. The second-order valence-electron chi connectivity index (χ2n) is 6.46. The molecule has 7 heteroatoms. The van der Waals surface area contributed by atoms with Crippen molar-refractivity contribution in [1.29, 1.82) is 0 Å². The summed E-state index contributed by atoms with van der Waals surface area (Å²) in [7, 11) is 0. The van der Waals surface area contributed by atoms with Crippen molar-refractivity contribution < 1.29 is 14.1 Å². The van der Waals surface area contributed by atoms with E-state index in [2.05, 4.69) is 20.8 Å². The summed E-state index contributed by atoms with van der Waals surface area (Å²) in [6.45, 7) is 3.67. The van der Waals surface area contributed by atoms with Crippen LogP contribution >= 0.6 is 0 Å². The van der Waals surface area contributed by atoms with Crippen molar-refractivity contribution in [2.24, 2.45) is 0 Å². The number of rotatable bonds is 7. The van der Waals surface area contributed by atoms with Gasteiger partial charge in [-0.05, 0) is 26.2 Å². The van der Waals surface area contributed by atoms with Crippen LogP contribution in [0.2, 0.25) is 0 Å². The Kier molecular flexibility index (Phi) is 7.21. The first-order valence-electron chi connectivity index (χ1n) is 8.97. The number of aryl methyl sites for hydroxylation is 1. The Morgan fingerprint density at radius 1 is 1.17 bits per heavy atom. The molecule has 1 aliphatic carbocycles. The van der Waals surface area contributed by atoms with Crippen molar-refractivity contribution in [1.82, 2.24) is 20.8 Å². The summed E-state index contributed by atoms with van der Waals surface area (Å²) in [4.78, 5) is 28.2. The summed E-state index contributed by atoms with van der Waals surface area (Å²) in [5, 5.41) is 9.64. The van der Waals surface area contributed by atoms with Gasteiger partial charge in [-0.1, -0.05) is 37.8 Å². The molecule has 1 aromatic rings. The van der Waals surface area contributed by atoms with Gasteiger partial charge in [0.2, 0.25) is 17.7 Å². The third-order valence-electron chi connectivity index (χ3n) is 4.38. The van der Waals surface area contributed by atoms with Crippen LogP contribution in [-0.4, -0.2) is 28.0 Å². The number of hydrogen-bond donors (Lipinski definition) is 2. The van der Waals surface area contributed by atoms with E-state index in [-0.39, 0.29) is 36.7 Å². The van der Waals surface area contributed by atoms with E-state index in [9.17, 15) is 9.59 Å². The molecule has 2 rings (SSSR count). The largest absolute Gasteiger partial charge is 0.353 e. The zero-order chi connectivity index (χ0) is 17.4. The minimum atomic E-state index is -0.302. The predicted molar refractivity (Wildman–Crippen MR) is 89.1 cm³/mol. The third kappa shape index (κ3) is 5.94. The maximum atomic E-state index is 12.1. The van der Waals surface area contributed by atoms with Crippen LogP contribution in [0.1, 0.15) is 82.5 Å². The fourth-order valence-corrected chi connectivity index (χ4v) is 3.01. The summed E-state index contributed by atoms with van der Waals surface area (Å²) >= 11 is 0. The van der Waals surface area contributed by atoms with E-state index in [0.29, 0.717) is 18.1 Å². The smallest absolute Gasteiger partial charge is 0.249 e. The summed E-state index contributed by atoms with van der Waals surface area (Å²) in [6, 6.07) is -0.0311. The van der Waals surface area contributed by atoms with Crippen LogP contribution in [0.3, 0.4) is 0 Å². The number of carbonyl (C=O) groups is 2. The van der Waals surface area contributed by atoms with Gasteiger partial charge in [-0.25, -0.2) is 0 Å². The third-order valence-corrected chi connectivity index (χ3v) is 4.38. The molecule has 24 heavy (non-hydrogen) atoms. The molecule has 1 fully saturated rings. The molecule has 7 nitrogen and oxygen atoms in total. The molecule has 0 aromatic carbocycles. The maximum Gasteiger partial charge on any atom is 0.249 e. The van der Waals surface area contributed by atoms with Crippen LogP contribution in [-0.2, 0) is 9.59 Å². The highest BCUT2D eigenvalue weighted by Gasteiger charge is 2.20. The second kappa shape index (κ2) is 9.39. The van der Waals surface area contributed by atoms with E-state index < -0.39 is 0 Å². The monoisotopic (exact) mass is 336 g/mol. The normalized spacial score (nSPS) is 17.1. The average Bonchev–Trinajstić information content (AvgIpc) is 2.83. The molecule has 2 amide bonds. The lowest BCUT2D eigenvalue weighted by Gasteiger charge is -2.16. The Bertz CT molecular complexity index is 536. The molecule has 1 heterocycles. The summed E-state index contributed by atoms with van der Waals surface area (Å²) in [5.41, 5.74) is 0. The first kappa shape index (κ1) is 18.4. The van der Waals surface area contributed by atoms with Crippen LogP contribution in [0.4, 0.5) is 0 Å². The van der Waals surface area contributed by atoms with E-state index in [1.165, 1.54) is 25.7 Å². The average molecular weight is 336 g/mol. The fraction of sp³-hybridized carbons (Fsp3) is 0.765. The van der Waals surface area contributed by atoms with Crippen molar-refractivity contribution >= 4 is 11.8 Å². The van der Waals surface area contributed by atoms with Crippen LogP contribution < -0.4 is 10.6 Å². The molecule has 2 N–H and O–H groups in total. The van der Waals surface area contributed by atoms with Gasteiger partial charge in [0.05, 0.1) is 0 Å². The Labute approximate surface area is 143 Å². The van der Waals surface area contributed by atoms with Gasteiger partial charge in [0, 0.05) is 18.9 Å². The Balaban J connectivity index is 1.72. The van der Waals surface area contributed by atoms with Crippen LogP contribution in [0.25, 0.3) is 0 Å². The van der Waals surface area contributed by atoms with Crippen molar-refractivity contribution in [3.05, 3.63) is 11.7 Å². The van der Waals surface area contributed by atoms with Crippen molar-refractivity contribution in [2.45, 2.75) is 83.7 Å². The van der Waals surface area contributed by atoms with Crippen molar-refractivity contribution in [3.63, 3.8) is 0 Å². The first-order chi connectivity index (χ1) is 11.6. The van der Waals surface area contributed by atoms with Gasteiger partial charge in [0.1, 0.15) is 6.04 Å². The van der Waals surface area contributed by atoms with E-state index in [0.717, 1.165) is 12.8 Å². The number of hydrogen-bond acceptors (Lipinski definition) is 5. The summed E-state index contributed by atoms with van der Waals surface area (Å²) in [6.07, 6.45) is 7.98. The quantitative estimate of drug-likeness (QED) is 0.746. The molecule has 0 bridgehead atoms. The molecule has 1 unspecified atom stereocenters. The Morgan fingerprint density at radius 3 is 2.42 bits per heavy atom. The van der Waals surface area contributed by atoms with E-state index in [4.69, 9.17) is 4.52 Å². The highest BCUT2D eigenvalue weighted by molar-refractivity contribution is 5.84. The lowest BCUT2D eigenvalue weighted by atomic mass is 10.1. The van der Waals surface area contributed by atoms with E-state index >= 15 is 0 Å². The lowest BCUT2D eigenvalue weighted by Crippen LogP contribution is -2.35. The summed E-state index contributed by atoms with van der Waals surface area (Å²) in [5.74, 6) is 0.735. The zero-order valence-electron chi connectivity index (χ0n) is 14.6. The number of nitrogens with zero attached hydrogens (tertiary/aromatic N) is 2. The van der Waals surface area contributed by atoms with Crippen molar-refractivity contribution in [3.8, 4) is 0 Å². The molecular formula is C17H28N4O3. The highest BCUT2D eigenvalue weighted by Crippen LogP contribution is 2.17. The molecule has 1 saturated carbocycles. The molecule has 0 radical (unpaired) electrons. The van der Waals surface area contributed by atoms with Gasteiger partial charge in [-0.3, -0.25) is 9.59 Å². The molecular weight excluding hydrogens is 308 g/mol. The van der Waals surface area contributed by atoms with Crippen LogP contribution in [0.15, 0.2) is 4.52 Å². The molecule has 0 aliphatic heterocycles. The number of amides is 2. The van der Waals surface area contributed by atoms with Gasteiger partial charge in [-0.15, -0.1) is 0 Å². The number of carbonyl (C=O) groups excluding carboxylic acids is 2. The van der Waals surface area contributed by atoms with Gasteiger partial charge >= 0.3 is 0 Å². The number of nitrogens with one attached hydrogen (secondary N) is 2. The van der Waals surface area contributed by atoms with E-state index in [1.807, 2.05) is 6.92 Å². The minimum Gasteiger partial charge on any atom is -0.353 e. The molecule has 1 atom stereocenters. The molecule has 0 saturated heterocycles. The SMILES string of the molecule is CCC(NC(=O)CCC(=O)NC1CCCCCC1)c1nc(C)no1. The second-order valence-corrected chi connectivity index (χ2v) is 6.46. The topological polar surface area (TPSA) is 97.1 Å². The highest BCUT2D eigenvalue weighted by atomic mass is 16.5.